The maximum atomic E-state index is 11.8. The number of carbonyl (C=O) groups is 2. The minimum atomic E-state index is -0.645. The van der Waals surface area contributed by atoms with Crippen molar-refractivity contribution in [1.29, 1.82) is 0 Å². The molecule has 0 bridgehead atoms. The van der Waals surface area contributed by atoms with Gasteiger partial charge in [-0.1, -0.05) is 6.07 Å². The summed E-state index contributed by atoms with van der Waals surface area (Å²) in [5.74, 6) is -0.875. The van der Waals surface area contributed by atoms with E-state index in [2.05, 4.69) is 5.32 Å². The van der Waals surface area contributed by atoms with Crippen molar-refractivity contribution in [1.82, 2.24) is 5.48 Å². The van der Waals surface area contributed by atoms with Gasteiger partial charge in [0.05, 0.1) is 6.26 Å². The van der Waals surface area contributed by atoms with Crippen LogP contribution in [0, 0.1) is 6.92 Å². The summed E-state index contributed by atoms with van der Waals surface area (Å²) in [7, 11) is 0. The molecule has 0 aliphatic heterocycles. The van der Waals surface area contributed by atoms with Crippen LogP contribution in [0.1, 0.15) is 26.5 Å². The summed E-state index contributed by atoms with van der Waals surface area (Å²) in [5.41, 5.74) is 3.04. The van der Waals surface area contributed by atoms with Crippen LogP contribution in [-0.2, 0) is 0 Å². The van der Waals surface area contributed by atoms with E-state index < -0.39 is 11.8 Å². The smallest absolute Gasteiger partial charge is 0.291 e. The van der Waals surface area contributed by atoms with Crippen molar-refractivity contribution >= 4 is 17.5 Å². The predicted molar refractivity (Wildman–Crippen MR) is 67.1 cm³/mol. The maximum Gasteiger partial charge on any atom is 0.291 e. The molecule has 0 fully saturated rings. The third kappa shape index (κ3) is 2.80. The summed E-state index contributed by atoms with van der Waals surface area (Å²) in [5, 5.41) is 11.2. The van der Waals surface area contributed by atoms with Crippen molar-refractivity contribution in [3.8, 4) is 0 Å². The van der Waals surface area contributed by atoms with Gasteiger partial charge in [-0.15, -0.1) is 0 Å². The molecule has 6 heteroatoms. The number of aryl methyl sites for hydroxylation is 1. The molecule has 2 amide bonds. The molecule has 1 heterocycles. The highest BCUT2D eigenvalue weighted by molar-refractivity contribution is 6.03. The lowest BCUT2D eigenvalue weighted by atomic mass is 10.1. The average molecular weight is 260 g/mol. The fourth-order valence-corrected chi connectivity index (χ4v) is 1.55. The standard InChI is InChI=1S/C13H12N2O4/c1-8-4-5-9(12(16)15-18)7-10(8)14-13(17)11-3-2-6-19-11/h2-7,18H,1H3,(H,14,17)(H,15,16). The van der Waals surface area contributed by atoms with E-state index in [0.717, 1.165) is 5.56 Å². The van der Waals surface area contributed by atoms with Crippen molar-refractivity contribution in [3.05, 3.63) is 53.5 Å². The van der Waals surface area contributed by atoms with Gasteiger partial charge in [0.15, 0.2) is 5.76 Å². The third-order valence-corrected chi connectivity index (χ3v) is 2.59. The van der Waals surface area contributed by atoms with Gasteiger partial charge >= 0.3 is 0 Å². The predicted octanol–water partition coefficient (Wildman–Crippen LogP) is 1.96. The molecule has 98 valence electrons. The van der Waals surface area contributed by atoms with E-state index in [1.54, 1.807) is 25.1 Å². The molecule has 0 spiro atoms. The number of hydrogen-bond acceptors (Lipinski definition) is 4. The van der Waals surface area contributed by atoms with Crippen LogP contribution < -0.4 is 10.8 Å². The Morgan fingerprint density at radius 2 is 2.00 bits per heavy atom. The minimum Gasteiger partial charge on any atom is -0.459 e. The van der Waals surface area contributed by atoms with Crippen LogP contribution in [0.4, 0.5) is 5.69 Å². The third-order valence-electron chi connectivity index (χ3n) is 2.59. The Bertz CT molecular complexity index is 605. The monoisotopic (exact) mass is 260 g/mol. The van der Waals surface area contributed by atoms with Gasteiger partial charge in [-0.05, 0) is 36.8 Å². The fraction of sp³-hybridized carbons (Fsp3) is 0.0769. The molecule has 1 aromatic carbocycles. The first kappa shape index (κ1) is 12.8. The Hall–Kier alpha value is -2.60. The summed E-state index contributed by atoms with van der Waals surface area (Å²) in [6.45, 7) is 1.79. The first-order chi connectivity index (χ1) is 9.11. The number of hydroxylamine groups is 1. The van der Waals surface area contributed by atoms with E-state index in [-0.39, 0.29) is 11.3 Å². The molecule has 0 saturated heterocycles. The van der Waals surface area contributed by atoms with Crippen molar-refractivity contribution in [2.75, 3.05) is 5.32 Å². The first-order valence-corrected chi connectivity index (χ1v) is 5.52. The van der Waals surface area contributed by atoms with Crippen LogP contribution >= 0.6 is 0 Å². The highest BCUT2D eigenvalue weighted by Gasteiger charge is 2.12. The number of anilines is 1. The second-order valence-electron chi connectivity index (χ2n) is 3.90. The van der Waals surface area contributed by atoms with E-state index >= 15 is 0 Å². The molecule has 19 heavy (non-hydrogen) atoms. The zero-order valence-corrected chi connectivity index (χ0v) is 10.1. The lowest BCUT2D eigenvalue weighted by Gasteiger charge is -2.08. The van der Waals surface area contributed by atoms with E-state index in [0.29, 0.717) is 5.69 Å². The largest absolute Gasteiger partial charge is 0.459 e. The molecule has 1 aromatic heterocycles. The Balaban J connectivity index is 2.24. The van der Waals surface area contributed by atoms with E-state index in [1.807, 2.05) is 0 Å². The van der Waals surface area contributed by atoms with Crippen LogP contribution in [0.3, 0.4) is 0 Å². The number of rotatable bonds is 3. The maximum absolute atomic E-state index is 11.8. The Kier molecular flexibility index (Phi) is 3.63. The Morgan fingerprint density at radius 3 is 2.63 bits per heavy atom. The zero-order chi connectivity index (χ0) is 13.8. The summed E-state index contributed by atoms with van der Waals surface area (Å²) in [6.07, 6.45) is 1.40. The lowest BCUT2D eigenvalue weighted by Crippen LogP contribution is -2.19. The van der Waals surface area contributed by atoms with Crippen LogP contribution in [-0.4, -0.2) is 17.0 Å². The second-order valence-corrected chi connectivity index (χ2v) is 3.90. The second kappa shape index (κ2) is 5.36. The van der Waals surface area contributed by atoms with Crippen LogP contribution in [0.5, 0.6) is 0 Å². The molecule has 0 aliphatic rings. The number of furan rings is 1. The van der Waals surface area contributed by atoms with E-state index in [9.17, 15) is 9.59 Å². The van der Waals surface area contributed by atoms with E-state index in [4.69, 9.17) is 9.62 Å². The van der Waals surface area contributed by atoms with Gasteiger partial charge in [0.2, 0.25) is 0 Å². The van der Waals surface area contributed by atoms with Gasteiger partial charge in [-0.2, -0.15) is 0 Å². The Morgan fingerprint density at radius 1 is 1.21 bits per heavy atom. The van der Waals surface area contributed by atoms with Crippen molar-refractivity contribution in [3.63, 3.8) is 0 Å². The number of hydrogen-bond donors (Lipinski definition) is 3. The number of carbonyl (C=O) groups excluding carboxylic acids is 2. The van der Waals surface area contributed by atoms with Crippen LogP contribution in [0.25, 0.3) is 0 Å². The van der Waals surface area contributed by atoms with Crippen LogP contribution in [0.2, 0.25) is 0 Å². The molecular weight excluding hydrogens is 248 g/mol. The van der Waals surface area contributed by atoms with Crippen molar-refractivity contribution in [2.45, 2.75) is 6.92 Å². The van der Waals surface area contributed by atoms with Crippen LogP contribution in [0.15, 0.2) is 41.0 Å². The minimum absolute atomic E-state index is 0.177. The van der Waals surface area contributed by atoms with Gasteiger partial charge in [-0.3, -0.25) is 14.8 Å². The summed E-state index contributed by atoms with van der Waals surface area (Å²) >= 11 is 0. The summed E-state index contributed by atoms with van der Waals surface area (Å²) in [4.78, 5) is 23.1. The highest BCUT2D eigenvalue weighted by atomic mass is 16.5. The summed E-state index contributed by atoms with van der Waals surface area (Å²) in [6, 6.07) is 7.83. The summed E-state index contributed by atoms with van der Waals surface area (Å²) < 4.78 is 4.97. The SMILES string of the molecule is Cc1ccc(C(=O)NO)cc1NC(=O)c1ccco1. The highest BCUT2D eigenvalue weighted by Crippen LogP contribution is 2.18. The first-order valence-electron chi connectivity index (χ1n) is 5.52. The molecule has 6 nitrogen and oxygen atoms in total. The van der Waals surface area contributed by atoms with Crippen molar-refractivity contribution < 1.29 is 19.2 Å². The number of nitrogens with one attached hydrogen (secondary N) is 2. The molecule has 3 N–H and O–H groups in total. The molecule has 0 radical (unpaired) electrons. The van der Waals surface area contributed by atoms with Gasteiger partial charge in [0.1, 0.15) is 0 Å². The molecule has 2 aromatic rings. The number of benzene rings is 1. The fourth-order valence-electron chi connectivity index (χ4n) is 1.55. The zero-order valence-electron chi connectivity index (χ0n) is 10.1. The molecule has 0 unspecified atom stereocenters. The van der Waals surface area contributed by atoms with Gasteiger partial charge < -0.3 is 9.73 Å². The van der Waals surface area contributed by atoms with Gasteiger partial charge in [0, 0.05) is 11.3 Å². The van der Waals surface area contributed by atoms with Crippen molar-refractivity contribution in [2.24, 2.45) is 0 Å². The molecule has 0 aliphatic carbocycles. The normalized spacial score (nSPS) is 10.0. The van der Waals surface area contributed by atoms with Gasteiger partial charge in [0.25, 0.3) is 11.8 Å². The Labute approximate surface area is 109 Å². The average Bonchev–Trinajstić information content (AvgIpc) is 2.94. The lowest BCUT2D eigenvalue weighted by molar-refractivity contribution is 0.0706. The molecule has 0 saturated carbocycles. The van der Waals surface area contributed by atoms with E-state index in [1.165, 1.54) is 23.9 Å². The van der Waals surface area contributed by atoms with Gasteiger partial charge in [-0.25, -0.2) is 5.48 Å². The quantitative estimate of drug-likeness (QED) is 0.581. The molecule has 0 atom stereocenters. The number of amides is 2. The molecular formula is C13H12N2O4. The molecule has 2 rings (SSSR count). The topological polar surface area (TPSA) is 91.6 Å².